The van der Waals surface area contributed by atoms with Gasteiger partial charge in [-0.05, 0) is 0 Å². The Labute approximate surface area is 238 Å². The monoisotopic (exact) mass is 596 g/mol. The molecule has 41 heavy (non-hydrogen) atoms. The lowest BCUT2D eigenvalue weighted by atomic mass is 10.1. The highest BCUT2D eigenvalue weighted by Gasteiger charge is 2.32. The van der Waals surface area contributed by atoms with Crippen molar-refractivity contribution in [3.8, 4) is 0 Å². The number of aromatic nitrogens is 4. The average molecular weight is 597 g/mol. The van der Waals surface area contributed by atoms with E-state index in [0.717, 1.165) is 0 Å². The standard InChI is InChI=1S/C22H32N10O8S/c23-12(1-10-4-25-8-27-10)18(35)29-13(2-11-5-26-9-28-11)19(36)31-15(6-33)20(37)32-16(7-41)21(38)30-14(22(39)40)3-17(24)34/h4-5,8-9,12-16,33,41H,1-3,6-7,23H2,(H2,24,34)(H,25,27)(H,26,28)(H,29,35)(H,30,38)(H,31,36)(H,32,37)(H,39,40)/t12-,13-,14-,15-,16-/m0/s1. The topological polar surface area (TPSA) is 300 Å². The number of carboxylic acids is 1. The molecule has 0 radical (unpaired) electrons. The number of carbonyl (C=O) groups excluding carboxylic acids is 5. The number of hydrogen-bond acceptors (Lipinski definition) is 11. The Kier molecular flexibility index (Phi) is 12.7. The van der Waals surface area contributed by atoms with Gasteiger partial charge in [-0.1, -0.05) is 0 Å². The van der Waals surface area contributed by atoms with Crippen molar-refractivity contribution >= 4 is 48.1 Å². The molecule has 0 aliphatic carbocycles. The Bertz CT molecular complexity index is 1190. The lowest BCUT2D eigenvalue weighted by Crippen LogP contribution is -2.60. The molecule has 2 heterocycles. The molecule has 5 amide bonds. The number of aliphatic hydroxyl groups is 1. The maximum Gasteiger partial charge on any atom is 0.326 e. The fourth-order valence-electron chi connectivity index (χ4n) is 3.44. The first kappa shape index (κ1) is 32.7. The van der Waals surface area contributed by atoms with E-state index in [2.05, 4.69) is 53.8 Å². The molecule has 0 fully saturated rings. The molecule has 0 unspecified atom stereocenters. The van der Waals surface area contributed by atoms with Crippen LogP contribution in [-0.2, 0) is 41.6 Å². The van der Waals surface area contributed by atoms with E-state index in [1.54, 1.807) is 0 Å². The number of nitrogens with zero attached hydrogens (tertiary/aromatic N) is 2. The quantitative estimate of drug-likeness (QED) is 0.0769. The summed E-state index contributed by atoms with van der Waals surface area (Å²) in [5.74, 6) is -6.38. The Balaban J connectivity index is 2.08. The van der Waals surface area contributed by atoms with Gasteiger partial charge in [0.25, 0.3) is 0 Å². The zero-order valence-corrected chi connectivity index (χ0v) is 22.5. The van der Waals surface area contributed by atoms with Crippen LogP contribution in [-0.4, -0.2) is 108 Å². The molecule has 0 spiro atoms. The van der Waals surface area contributed by atoms with Gasteiger partial charge in [-0.2, -0.15) is 12.6 Å². The van der Waals surface area contributed by atoms with E-state index in [0.29, 0.717) is 11.4 Å². The molecule has 0 aliphatic rings. The highest BCUT2D eigenvalue weighted by molar-refractivity contribution is 7.80. The van der Waals surface area contributed by atoms with Crippen molar-refractivity contribution in [3.05, 3.63) is 36.4 Å². The number of amides is 5. The van der Waals surface area contributed by atoms with Crippen molar-refractivity contribution in [1.82, 2.24) is 41.2 Å². The number of carboxylic acid groups (broad SMARTS) is 1. The van der Waals surface area contributed by atoms with E-state index >= 15 is 0 Å². The van der Waals surface area contributed by atoms with Gasteiger partial charge in [0.05, 0.1) is 31.7 Å². The van der Waals surface area contributed by atoms with Crippen LogP contribution in [0.1, 0.15) is 17.8 Å². The highest BCUT2D eigenvalue weighted by Crippen LogP contribution is 2.03. The van der Waals surface area contributed by atoms with Crippen LogP contribution in [0.25, 0.3) is 0 Å². The number of rotatable bonds is 17. The van der Waals surface area contributed by atoms with Crippen molar-refractivity contribution in [2.75, 3.05) is 12.4 Å². The normalized spacial score (nSPS) is 14.5. The van der Waals surface area contributed by atoms with Gasteiger partial charge in [0.1, 0.15) is 24.2 Å². The van der Waals surface area contributed by atoms with E-state index in [9.17, 15) is 39.0 Å². The molecule has 2 aromatic rings. The van der Waals surface area contributed by atoms with Gasteiger partial charge in [0, 0.05) is 42.4 Å². The summed E-state index contributed by atoms with van der Waals surface area (Å²) in [7, 11) is 0. The summed E-state index contributed by atoms with van der Waals surface area (Å²) in [6, 6.07) is -6.96. The minimum absolute atomic E-state index is 0.0772. The molecule has 0 saturated carbocycles. The second-order valence-corrected chi connectivity index (χ2v) is 9.15. The number of aromatic amines is 2. The van der Waals surface area contributed by atoms with Crippen molar-refractivity contribution in [1.29, 1.82) is 0 Å². The van der Waals surface area contributed by atoms with Crippen LogP contribution >= 0.6 is 12.6 Å². The zero-order valence-electron chi connectivity index (χ0n) is 21.6. The van der Waals surface area contributed by atoms with E-state index in [1.165, 1.54) is 25.0 Å². The predicted octanol–water partition coefficient (Wildman–Crippen LogP) is -4.93. The lowest BCUT2D eigenvalue weighted by Gasteiger charge is -2.25. The number of hydrogen-bond donors (Lipinski definition) is 11. The van der Waals surface area contributed by atoms with Crippen molar-refractivity contribution in [3.63, 3.8) is 0 Å². The Hall–Kier alpha value is -4.49. The molecule has 5 atom stereocenters. The van der Waals surface area contributed by atoms with Crippen LogP contribution in [0.15, 0.2) is 25.0 Å². The minimum Gasteiger partial charge on any atom is -0.480 e. The van der Waals surface area contributed by atoms with Gasteiger partial charge < -0.3 is 52.9 Å². The number of primary amides is 1. The Morgan fingerprint density at radius 1 is 0.805 bits per heavy atom. The number of nitrogens with one attached hydrogen (secondary N) is 6. The fourth-order valence-corrected chi connectivity index (χ4v) is 3.69. The SMILES string of the molecule is NC(=O)C[C@H](NC(=O)[C@H](CS)NC(=O)[C@H](CO)NC(=O)[C@H](Cc1cnc[nH]1)NC(=O)[C@@H](N)Cc1cnc[nH]1)C(=O)O. The summed E-state index contributed by atoms with van der Waals surface area (Å²) in [6.45, 7) is -0.901. The van der Waals surface area contributed by atoms with Crippen LogP contribution in [0.2, 0.25) is 0 Å². The maximum atomic E-state index is 13.1. The van der Waals surface area contributed by atoms with Crippen molar-refractivity contribution < 1.29 is 39.0 Å². The zero-order chi connectivity index (χ0) is 30.5. The first-order valence-corrected chi connectivity index (χ1v) is 12.7. The molecule has 19 heteroatoms. The molecular weight excluding hydrogens is 564 g/mol. The molecule has 12 N–H and O–H groups in total. The lowest BCUT2D eigenvalue weighted by molar-refractivity contribution is -0.143. The third-order valence-corrected chi connectivity index (χ3v) is 5.96. The fraction of sp³-hybridized carbons (Fsp3) is 0.455. The van der Waals surface area contributed by atoms with E-state index in [1.807, 2.05) is 0 Å². The van der Waals surface area contributed by atoms with E-state index in [4.69, 9.17) is 11.5 Å². The molecule has 0 saturated heterocycles. The van der Waals surface area contributed by atoms with Gasteiger partial charge >= 0.3 is 5.97 Å². The van der Waals surface area contributed by atoms with Crippen LogP contribution in [0, 0.1) is 0 Å². The second-order valence-electron chi connectivity index (χ2n) is 8.79. The summed E-state index contributed by atoms with van der Waals surface area (Å²) >= 11 is 3.97. The van der Waals surface area contributed by atoms with Crippen molar-refractivity contribution in [2.45, 2.75) is 49.5 Å². The predicted molar refractivity (Wildman–Crippen MR) is 143 cm³/mol. The molecule has 2 aromatic heterocycles. The smallest absolute Gasteiger partial charge is 0.326 e. The van der Waals surface area contributed by atoms with E-state index < -0.39 is 78.7 Å². The Morgan fingerprint density at radius 2 is 1.29 bits per heavy atom. The molecular formula is C22H32N10O8S. The van der Waals surface area contributed by atoms with Crippen LogP contribution in [0.5, 0.6) is 0 Å². The van der Waals surface area contributed by atoms with Gasteiger partial charge in [0.15, 0.2) is 0 Å². The van der Waals surface area contributed by atoms with Gasteiger partial charge in [-0.3, -0.25) is 24.0 Å². The first-order chi connectivity index (χ1) is 19.4. The number of aliphatic carboxylic acids is 1. The molecule has 0 bridgehead atoms. The number of aliphatic hydroxyl groups excluding tert-OH is 1. The molecule has 2 rings (SSSR count). The Morgan fingerprint density at radius 3 is 1.78 bits per heavy atom. The van der Waals surface area contributed by atoms with Crippen LogP contribution in [0.4, 0.5) is 0 Å². The van der Waals surface area contributed by atoms with Crippen LogP contribution in [0.3, 0.4) is 0 Å². The highest BCUT2D eigenvalue weighted by atomic mass is 32.1. The summed E-state index contributed by atoms with van der Waals surface area (Å²) in [4.78, 5) is 86.9. The number of carbonyl (C=O) groups is 6. The third-order valence-electron chi connectivity index (χ3n) is 5.59. The van der Waals surface area contributed by atoms with E-state index in [-0.39, 0.29) is 18.6 Å². The largest absolute Gasteiger partial charge is 0.480 e. The number of thiol groups is 1. The molecule has 18 nitrogen and oxygen atoms in total. The van der Waals surface area contributed by atoms with Gasteiger partial charge in [-0.25, -0.2) is 14.8 Å². The summed E-state index contributed by atoms with van der Waals surface area (Å²) in [6.07, 6.45) is 5.02. The number of imidazole rings is 2. The molecule has 0 aliphatic heterocycles. The minimum atomic E-state index is -1.65. The number of H-pyrrole nitrogens is 2. The average Bonchev–Trinajstić information content (AvgIpc) is 3.63. The molecule has 0 aromatic carbocycles. The van der Waals surface area contributed by atoms with Gasteiger partial charge in [0.2, 0.25) is 29.5 Å². The summed E-state index contributed by atoms with van der Waals surface area (Å²) in [5.41, 5.74) is 12.0. The van der Waals surface area contributed by atoms with Gasteiger partial charge in [-0.15, -0.1) is 0 Å². The van der Waals surface area contributed by atoms with Crippen molar-refractivity contribution in [2.24, 2.45) is 11.5 Å². The summed E-state index contributed by atoms with van der Waals surface area (Å²) < 4.78 is 0. The first-order valence-electron chi connectivity index (χ1n) is 12.1. The number of nitrogens with two attached hydrogens (primary N) is 2. The third kappa shape index (κ3) is 10.5. The summed E-state index contributed by atoms with van der Waals surface area (Å²) in [5, 5.41) is 28.1. The maximum absolute atomic E-state index is 13.1. The second kappa shape index (κ2) is 15.9. The van der Waals surface area contributed by atoms with Crippen LogP contribution < -0.4 is 32.7 Å². The molecule has 224 valence electrons.